The van der Waals surface area contributed by atoms with Crippen LogP contribution in [-0.2, 0) is 21.6 Å². The first kappa shape index (κ1) is 17.7. The van der Waals surface area contributed by atoms with Crippen molar-refractivity contribution < 1.29 is 14.6 Å². The number of hydrogen-bond acceptors (Lipinski definition) is 3. The standard InChI is InChI=1S/C18H28O3/c1-5-8-14-10-12-15(13-11-14)18(4,20)16(9-6-2)17(19)21-7-3/h10-13,16,20H,5-9H2,1-4H3. The van der Waals surface area contributed by atoms with Crippen LogP contribution in [-0.4, -0.2) is 17.7 Å². The highest BCUT2D eigenvalue weighted by Gasteiger charge is 2.39. The Morgan fingerprint density at radius 3 is 2.29 bits per heavy atom. The molecule has 0 saturated carbocycles. The predicted molar refractivity (Wildman–Crippen MR) is 85.0 cm³/mol. The number of aryl methyl sites for hydroxylation is 1. The number of ether oxygens (including phenoxy) is 1. The van der Waals surface area contributed by atoms with Crippen molar-refractivity contribution in [3.05, 3.63) is 35.4 Å². The predicted octanol–water partition coefficient (Wildman–Crippen LogP) is 3.83. The number of aliphatic hydroxyl groups is 1. The number of hydrogen-bond donors (Lipinski definition) is 1. The van der Waals surface area contributed by atoms with E-state index in [9.17, 15) is 9.90 Å². The minimum Gasteiger partial charge on any atom is -0.466 e. The van der Waals surface area contributed by atoms with Crippen LogP contribution < -0.4 is 0 Å². The van der Waals surface area contributed by atoms with Crippen molar-refractivity contribution in [3.63, 3.8) is 0 Å². The molecular formula is C18H28O3. The summed E-state index contributed by atoms with van der Waals surface area (Å²) in [5.74, 6) is -0.846. The molecule has 0 aliphatic carbocycles. The van der Waals surface area contributed by atoms with Gasteiger partial charge in [-0.3, -0.25) is 4.79 Å². The molecule has 0 aromatic heterocycles. The molecular weight excluding hydrogens is 264 g/mol. The van der Waals surface area contributed by atoms with E-state index in [1.807, 2.05) is 31.2 Å². The Hall–Kier alpha value is -1.35. The summed E-state index contributed by atoms with van der Waals surface area (Å²) in [6.45, 7) is 7.98. The Morgan fingerprint density at radius 1 is 1.19 bits per heavy atom. The van der Waals surface area contributed by atoms with Crippen LogP contribution in [0.1, 0.15) is 58.1 Å². The maximum absolute atomic E-state index is 12.1. The van der Waals surface area contributed by atoms with Crippen LogP contribution in [0.15, 0.2) is 24.3 Å². The van der Waals surface area contributed by atoms with Crippen molar-refractivity contribution in [2.45, 2.75) is 59.0 Å². The summed E-state index contributed by atoms with van der Waals surface area (Å²) in [7, 11) is 0. The van der Waals surface area contributed by atoms with Gasteiger partial charge in [-0.25, -0.2) is 0 Å². The Balaban J connectivity index is 3.00. The third kappa shape index (κ3) is 4.57. The summed E-state index contributed by atoms with van der Waals surface area (Å²) >= 11 is 0. The Labute approximate surface area is 128 Å². The highest BCUT2D eigenvalue weighted by molar-refractivity contribution is 5.74. The number of carbonyl (C=O) groups is 1. The molecule has 0 radical (unpaired) electrons. The molecule has 2 atom stereocenters. The van der Waals surface area contributed by atoms with E-state index in [-0.39, 0.29) is 5.97 Å². The first-order chi connectivity index (χ1) is 9.97. The summed E-state index contributed by atoms with van der Waals surface area (Å²) in [6.07, 6.45) is 3.56. The fourth-order valence-electron chi connectivity index (χ4n) is 2.66. The van der Waals surface area contributed by atoms with E-state index in [0.717, 1.165) is 24.8 Å². The fourth-order valence-corrected chi connectivity index (χ4v) is 2.66. The third-order valence-electron chi connectivity index (χ3n) is 3.90. The summed E-state index contributed by atoms with van der Waals surface area (Å²) < 4.78 is 5.13. The van der Waals surface area contributed by atoms with Crippen molar-refractivity contribution in [3.8, 4) is 0 Å². The molecule has 21 heavy (non-hydrogen) atoms. The normalized spacial score (nSPS) is 15.3. The number of rotatable bonds is 8. The van der Waals surface area contributed by atoms with Crippen LogP contribution >= 0.6 is 0 Å². The van der Waals surface area contributed by atoms with Gasteiger partial charge in [-0.2, -0.15) is 0 Å². The molecule has 0 fully saturated rings. The monoisotopic (exact) mass is 292 g/mol. The van der Waals surface area contributed by atoms with E-state index in [1.165, 1.54) is 5.56 Å². The summed E-state index contributed by atoms with van der Waals surface area (Å²) in [4.78, 5) is 12.1. The zero-order valence-corrected chi connectivity index (χ0v) is 13.7. The second-order valence-electron chi connectivity index (χ2n) is 5.69. The highest BCUT2D eigenvalue weighted by Crippen LogP contribution is 2.33. The largest absolute Gasteiger partial charge is 0.466 e. The number of benzene rings is 1. The number of carbonyl (C=O) groups excluding carboxylic acids is 1. The molecule has 0 aliphatic rings. The summed E-state index contributed by atoms with van der Waals surface area (Å²) in [5, 5.41) is 10.9. The lowest BCUT2D eigenvalue weighted by molar-refractivity contribution is -0.158. The van der Waals surface area contributed by atoms with Gasteiger partial charge in [0, 0.05) is 0 Å². The molecule has 1 rings (SSSR count). The Kier molecular flexibility index (Phi) is 6.90. The van der Waals surface area contributed by atoms with E-state index in [2.05, 4.69) is 6.92 Å². The lowest BCUT2D eigenvalue weighted by atomic mass is 9.80. The molecule has 2 unspecified atom stereocenters. The maximum Gasteiger partial charge on any atom is 0.312 e. The highest BCUT2D eigenvalue weighted by atomic mass is 16.5. The fraction of sp³-hybridized carbons (Fsp3) is 0.611. The van der Waals surface area contributed by atoms with E-state index >= 15 is 0 Å². The van der Waals surface area contributed by atoms with E-state index < -0.39 is 11.5 Å². The minimum atomic E-state index is -1.20. The zero-order valence-electron chi connectivity index (χ0n) is 13.7. The Morgan fingerprint density at radius 2 is 1.81 bits per heavy atom. The lowest BCUT2D eigenvalue weighted by Gasteiger charge is -2.31. The SMILES string of the molecule is CCCc1ccc(C(C)(O)C(CCC)C(=O)OCC)cc1. The van der Waals surface area contributed by atoms with Crippen LogP contribution in [0, 0.1) is 5.92 Å². The van der Waals surface area contributed by atoms with Crippen molar-refractivity contribution in [2.24, 2.45) is 5.92 Å². The van der Waals surface area contributed by atoms with Gasteiger partial charge >= 0.3 is 5.97 Å². The van der Waals surface area contributed by atoms with Gasteiger partial charge in [0.25, 0.3) is 0 Å². The van der Waals surface area contributed by atoms with Gasteiger partial charge in [0.15, 0.2) is 0 Å². The van der Waals surface area contributed by atoms with Gasteiger partial charge in [0.2, 0.25) is 0 Å². The molecule has 0 spiro atoms. The van der Waals surface area contributed by atoms with Crippen molar-refractivity contribution >= 4 is 5.97 Å². The number of esters is 1. The molecule has 3 heteroatoms. The van der Waals surface area contributed by atoms with Crippen LogP contribution in [0.2, 0.25) is 0 Å². The molecule has 1 aromatic carbocycles. The molecule has 3 nitrogen and oxygen atoms in total. The summed E-state index contributed by atoms with van der Waals surface area (Å²) in [5.41, 5.74) is 0.821. The molecule has 1 N–H and O–H groups in total. The second-order valence-corrected chi connectivity index (χ2v) is 5.69. The molecule has 0 saturated heterocycles. The maximum atomic E-state index is 12.1. The summed E-state index contributed by atoms with van der Waals surface area (Å²) in [6, 6.07) is 7.91. The molecule has 0 heterocycles. The van der Waals surface area contributed by atoms with E-state index in [4.69, 9.17) is 4.74 Å². The molecule has 0 bridgehead atoms. The van der Waals surface area contributed by atoms with Crippen molar-refractivity contribution in [2.75, 3.05) is 6.61 Å². The van der Waals surface area contributed by atoms with Crippen LogP contribution in [0.4, 0.5) is 0 Å². The Bertz CT molecular complexity index is 434. The third-order valence-corrected chi connectivity index (χ3v) is 3.90. The molecule has 0 amide bonds. The molecule has 0 aliphatic heterocycles. The van der Waals surface area contributed by atoms with Crippen molar-refractivity contribution in [1.29, 1.82) is 0 Å². The lowest BCUT2D eigenvalue weighted by Crippen LogP contribution is -2.38. The van der Waals surface area contributed by atoms with E-state index in [1.54, 1.807) is 13.8 Å². The van der Waals surface area contributed by atoms with Crippen LogP contribution in [0.25, 0.3) is 0 Å². The van der Waals surface area contributed by atoms with Gasteiger partial charge in [-0.05, 0) is 37.8 Å². The molecule has 1 aromatic rings. The quantitative estimate of drug-likeness (QED) is 0.741. The van der Waals surface area contributed by atoms with Crippen LogP contribution in [0.3, 0.4) is 0 Å². The first-order valence-corrected chi connectivity index (χ1v) is 7.95. The van der Waals surface area contributed by atoms with Gasteiger partial charge in [-0.15, -0.1) is 0 Å². The topological polar surface area (TPSA) is 46.5 Å². The van der Waals surface area contributed by atoms with Gasteiger partial charge in [-0.1, -0.05) is 51.0 Å². The minimum absolute atomic E-state index is 0.318. The average Bonchev–Trinajstić information content (AvgIpc) is 2.45. The zero-order chi connectivity index (χ0) is 15.9. The van der Waals surface area contributed by atoms with Gasteiger partial charge in [0.05, 0.1) is 12.5 Å². The van der Waals surface area contributed by atoms with E-state index in [0.29, 0.717) is 13.0 Å². The molecule has 118 valence electrons. The first-order valence-electron chi connectivity index (χ1n) is 7.95. The van der Waals surface area contributed by atoms with Gasteiger partial charge < -0.3 is 9.84 Å². The van der Waals surface area contributed by atoms with Gasteiger partial charge in [0.1, 0.15) is 5.60 Å². The smallest absolute Gasteiger partial charge is 0.312 e. The average molecular weight is 292 g/mol. The van der Waals surface area contributed by atoms with Crippen molar-refractivity contribution in [1.82, 2.24) is 0 Å². The second kappa shape index (κ2) is 8.18. The van der Waals surface area contributed by atoms with Crippen LogP contribution in [0.5, 0.6) is 0 Å².